The minimum atomic E-state index is -1.31. The van der Waals surface area contributed by atoms with Crippen LogP contribution in [-0.2, 0) is 15.6 Å². The fourth-order valence-electron chi connectivity index (χ4n) is 1.60. The van der Waals surface area contributed by atoms with Crippen molar-refractivity contribution < 1.29 is 19.2 Å². The first kappa shape index (κ1) is 16.0. The highest BCUT2D eigenvalue weighted by molar-refractivity contribution is 7.85. The lowest BCUT2D eigenvalue weighted by Crippen LogP contribution is -2.16. The number of ketones is 1. The first-order valence-corrected chi connectivity index (χ1v) is 7.57. The number of aliphatic hydroxyl groups excluding tert-OH is 2. The van der Waals surface area contributed by atoms with E-state index >= 15 is 0 Å². The quantitative estimate of drug-likeness (QED) is 0.748. The van der Waals surface area contributed by atoms with Gasteiger partial charge in [-0.25, -0.2) is 0 Å². The van der Waals surface area contributed by atoms with Crippen LogP contribution in [0.4, 0.5) is 0 Å². The van der Waals surface area contributed by atoms with Crippen LogP contribution < -0.4 is 0 Å². The molecular weight excluding hydrogens is 264 g/mol. The van der Waals surface area contributed by atoms with E-state index in [0.717, 1.165) is 5.56 Å². The molecule has 1 unspecified atom stereocenters. The molecule has 1 atom stereocenters. The summed E-state index contributed by atoms with van der Waals surface area (Å²) in [5.41, 5.74) is 1.08. The molecule has 106 valence electrons. The van der Waals surface area contributed by atoms with Gasteiger partial charge in [0.15, 0.2) is 0 Å². The molecule has 0 amide bonds. The molecule has 0 bridgehead atoms. The molecule has 0 radical (unpaired) electrons. The second kappa shape index (κ2) is 8.19. The normalized spacial score (nSPS) is 12.6. The summed E-state index contributed by atoms with van der Waals surface area (Å²) >= 11 is 0. The fraction of sp³-hybridized carbons (Fsp3) is 0.500. The molecule has 2 N–H and O–H groups in total. The van der Waals surface area contributed by atoms with Crippen LogP contribution in [0.25, 0.3) is 0 Å². The van der Waals surface area contributed by atoms with Crippen molar-refractivity contribution in [1.29, 1.82) is 0 Å². The maximum Gasteiger partial charge on any atom is 0.145 e. The number of hydrogen-bond acceptors (Lipinski definition) is 4. The van der Waals surface area contributed by atoms with Crippen LogP contribution in [0.3, 0.4) is 0 Å². The topological polar surface area (TPSA) is 74.6 Å². The second-order valence-electron chi connectivity index (χ2n) is 4.61. The Bertz CT molecular complexity index is 424. The third-order valence-corrected chi connectivity index (χ3v) is 4.31. The molecule has 1 rings (SSSR count). The summed E-state index contributed by atoms with van der Waals surface area (Å²) < 4.78 is 11.9. The molecule has 0 saturated heterocycles. The van der Waals surface area contributed by atoms with E-state index in [1.54, 1.807) is 12.1 Å². The zero-order valence-electron chi connectivity index (χ0n) is 11.0. The van der Waals surface area contributed by atoms with Gasteiger partial charge in [0.25, 0.3) is 0 Å². The molecule has 0 aliphatic heterocycles. The van der Waals surface area contributed by atoms with Crippen molar-refractivity contribution in [3.05, 3.63) is 29.8 Å². The van der Waals surface area contributed by atoms with Gasteiger partial charge in [-0.15, -0.1) is 0 Å². The molecule has 0 fully saturated rings. The van der Waals surface area contributed by atoms with E-state index in [9.17, 15) is 9.00 Å². The van der Waals surface area contributed by atoms with Crippen molar-refractivity contribution in [2.24, 2.45) is 5.92 Å². The molecule has 0 aliphatic carbocycles. The Kier molecular flexibility index (Phi) is 6.91. The van der Waals surface area contributed by atoms with Gasteiger partial charge in [0.1, 0.15) is 5.78 Å². The van der Waals surface area contributed by atoms with E-state index in [-0.39, 0.29) is 37.1 Å². The van der Waals surface area contributed by atoms with Crippen LogP contribution in [0.1, 0.15) is 18.4 Å². The van der Waals surface area contributed by atoms with Crippen LogP contribution >= 0.6 is 0 Å². The Hall–Kier alpha value is -1.04. The summed E-state index contributed by atoms with van der Waals surface area (Å²) in [5, 5.41) is 17.8. The molecule has 0 aliphatic rings. The van der Waals surface area contributed by atoms with Crippen molar-refractivity contribution in [2.45, 2.75) is 24.7 Å². The lowest BCUT2D eigenvalue weighted by Gasteiger charge is -2.09. The fourth-order valence-corrected chi connectivity index (χ4v) is 2.64. The van der Waals surface area contributed by atoms with Gasteiger partial charge < -0.3 is 10.2 Å². The summed E-state index contributed by atoms with van der Waals surface area (Å²) in [6, 6.07) is 7.27. The lowest BCUT2D eigenvalue weighted by molar-refractivity contribution is -0.117. The van der Waals surface area contributed by atoms with Crippen LogP contribution in [0.15, 0.2) is 29.2 Å². The molecule has 1 aromatic rings. The average Bonchev–Trinajstić information content (AvgIpc) is 2.40. The summed E-state index contributed by atoms with van der Waals surface area (Å²) in [7, 11) is -1.31. The maximum atomic E-state index is 11.9. The third-order valence-electron chi connectivity index (χ3n) is 2.92. The molecule has 0 saturated carbocycles. The number of carbonyl (C=O) groups is 1. The first-order chi connectivity index (χ1) is 9.06. The van der Waals surface area contributed by atoms with E-state index in [1.165, 1.54) is 0 Å². The number of carbonyl (C=O) groups excluding carboxylic acids is 1. The monoisotopic (exact) mass is 284 g/mol. The Morgan fingerprint density at radius 3 is 2.32 bits per heavy atom. The van der Waals surface area contributed by atoms with Crippen LogP contribution in [0.2, 0.25) is 0 Å². The molecule has 0 spiro atoms. The van der Waals surface area contributed by atoms with Gasteiger partial charge in [-0.2, -0.15) is 0 Å². The van der Waals surface area contributed by atoms with E-state index in [2.05, 4.69) is 0 Å². The van der Waals surface area contributed by atoms with Crippen molar-refractivity contribution in [2.75, 3.05) is 19.0 Å². The highest BCUT2D eigenvalue weighted by Gasteiger charge is 2.13. The summed E-state index contributed by atoms with van der Waals surface area (Å²) in [6.07, 6.45) is 0.667. The molecular formula is C14H20O4S. The van der Waals surface area contributed by atoms with E-state index < -0.39 is 10.8 Å². The van der Waals surface area contributed by atoms with E-state index in [1.807, 2.05) is 19.1 Å². The lowest BCUT2D eigenvalue weighted by atomic mass is 10.0. The Morgan fingerprint density at radius 2 is 1.79 bits per heavy atom. The standard InChI is InChI=1S/C14H20O4S/c1-11-2-6-14(7-3-11)19(18)10-13(17)5-4-12(8-15)9-16/h2-3,6-7,12,15-16H,4-5,8-10H2,1H3. The van der Waals surface area contributed by atoms with Crippen LogP contribution in [0, 0.1) is 12.8 Å². The van der Waals surface area contributed by atoms with Gasteiger partial charge in [0.05, 0.1) is 16.6 Å². The summed E-state index contributed by atoms with van der Waals surface area (Å²) in [6.45, 7) is 1.68. The van der Waals surface area contributed by atoms with Gasteiger partial charge in [-0.1, -0.05) is 17.7 Å². The van der Waals surface area contributed by atoms with Crippen molar-refractivity contribution in [1.82, 2.24) is 0 Å². The largest absolute Gasteiger partial charge is 0.396 e. The smallest absolute Gasteiger partial charge is 0.145 e. The predicted molar refractivity (Wildman–Crippen MR) is 74.4 cm³/mol. The maximum absolute atomic E-state index is 11.9. The zero-order valence-corrected chi connectivity index (χ0v) is 11.9. The van der Waals surface area contributed by atoms with Crippen molar-refractivity contribution in [3.8, 4) is 0 Å². The van der Waals surface area contributed by atoms with Crippen LogP contribution in [-0.4, -0.2) is 39.2 Å². The zero-order chi connectivity index (χ0) is 14.3. The number of benzene rings is 1. The minimum Gasteiger partial charge on any atom is -0.396 e. The highest BCUT2D eigenvalue weighted by atomic mass is 32.2. The Morgan fingerprint density at radius 1 is 1.21 bits per heavy atom. The predicted octanol–water partition coefficient (Wildman–Crippen LogP) is 1.05. The minimum absolute atomic E-state index is 0.00730. The molecule has 0 heterocycles. The molecule has 0 aromatic heterocycles. The average molecular weight is 284 g/mol. The third kappa shape index (κ3) is 5.63. The van der Waals surface area contributed by atoms with Gasteiger partial charge in [0, 0.05) is 30.4 Å². The van der Waals surface area contributed by atoms with Crippen molar-refractivity contribution >= 4 is 16.6 Å². The van der Waals surface area contributed by atoms with Crippen LogP contribution in [0.5, 0.6) is 0 Å². The van der Waals surface area contributed by atoms with Crippen molar-refractivity contribution in [3.63, 3.8) is 0 Å². The van der Waals surface area contributed by atoms with E-state index in [0.29, 0.717) is 11.3 Å². The number of aliphatic hydroxyl groups is 2. The Labute approximate surface area is 115 Å². The highest BCUT2D eigenvalue weighted by Crippen LogP contribution is 2.11. The SMILES string of the molecule is Cc1ccc(S(=O)CC(=O)CCC(CO)CO)cc1. The molecule has 19 heavy (non-hydrogen) atoms. The first-order valence-electron chi connectivity index (χ1n) is 6.25. The summed E-state index contributed by atoms with van der Waals surface area (Å²) in [5.74, 6) is -0.380. The summed E-state index contributed by atoms with van der Waals surface area (Å²) in [4.78, 5) is 12.3. The van der Waals surface area contributed by atoms with Gasteiger partial charge in [-0.3, -0.25) is 9.00 Å². The van der Waals surface area contributed by atoms with Gasteiger partial charge >= 0.3 is 0 Å². The Balaban J connectivity index is 2.44. The molecule has 5 heteroatoms. The van der Waals surface area contributed by atoms with Gasteiger partial charge in [-0.05, 0) is 25.5 Å². The number of hydrogen-bond donors (Lipinski definition) is 2. The number of aryl methyl sites for hydroxylation is 1. The number of rotatable bonds is 8. The van der Waals surface area contributed by atoms with Gasteiger partial charge in [0.2, 0.25) is 0 Å². The second-order valence-corrected chi connectivity index (χ2v) is 6.06. The number of Topliss-reactive ketones (excluding diaryl/α,β-unsaturated/α-hetero) is 1. The molecule has 4 nitrogen and oxygen atoms in total. The van der Waals surface area contributed by atoms with E-state index in [4.69, 9.17) is 10.2 Å². The molecule has 1 aromatic carbocycles.